The van der Waals surface area contributed by atoms with Crippen LogP contribution in [0.1, 0.15) is 59.6 Å². The van der Waals surface area contributed by atoms with Gasteiger partial charge in [-0.05, 0) is 50.6 Å². The van der Waals surface area contributed by atoms with Crippen molar-refractivity contribution in [2.24, 2.45) is 0 Å². The number of benzene rings is 2. The normalized spacial score (nSPS) is 15.9. The first kappa shape index (κ1) is 18.0. The van der Waals surface area contributed by atoms with Gasteiger partial charge in [0.15, 0.2) is 0 Å². The molecule has 1 unspecified atom stereocenters. The van der Waals surface area contributed by atoms with Crippen molar-refractivity contribution in [2.45, 2.75) is 39.4 Å². The average Bonchev–Trinajstić information content (AvgIpc) is 2.88. The molecule has 0 saturated carbocycles. The molecule has 2 N–H and O–H groups in total. The highest BCUT2D eigenvalue weighted by Crippen LogP contribution is 2.34. The lowest BCUT2D eigenvalue weighted by molar-refractivity contribution is 0.0743. The van der Waals surface area contributed by atoms with Gasteiger partial charge in [0.25, 0.3) is 11.8 Å². The lowest BCUT2D eigenvalue weighted by Crippen LogP contribution is -2.33. The van der Waals surface area contributed by atoms with E-state index in [4.69, 9.17) is 0 Å². The van der Waals surface area contributed by atoms with E-state index in [-0.39, 0.29) is 24.0 Å². The first-order valence-corrected chi connectivity index (χ1v) is 9.08. The van der Waals surface area contributed by atoms with Crippen molar-refractivity contribution in [1.82, 2.24) is 10.2 Å². The summed E-state index contributed by atoms with van der Waals surface area (Å²) in [5.41, 5.74) is 3.25. The molecule has 0 spiro atoms. The minimum absolute atomic E-state index is 0.0629. The SMILES string of the molecule is CCCN1C(=O)c2ccccc2C1Nc1ccc(C(=O)NC(C)C)cc1. The van der Waals surface area contributed by atoms with Crippen LogP contribution in [0.25, 0.3) is 0 Å². The Kier molecular flexibility index (Phi) is 5.26. The quantitative estimate of drug-likeness (QED) is 0.832. The minimum atomic E-state index is -0.186. The zero-order valence-electron chi connectivity index (χ0n) is 15.5. The zero-order chi connectivity index (χ0) is 18.7. The fraction of sp³-hybridized carbons (Fsp3) is 0.333. The predicted molar refractivity (Wildman–Crippen MR) is 103 cm³/mol. The standard InChI is InChI=1S/C21H25N3O2/c1-4-13-24-19(17-7-5-6-8-18(17)21(24)26)23-16-11-9-15(10-12-16)20(25)22-14(2)3/h5-12,14,19,23H,4,13H2,1-3H3,(H,22,25). The van der Waals surface area contributed by atoms with E-state index in [1.807, 2.05) is 55.1 Å². The van der Waals surface area contributed by atoms with Gasteiger partial charge in [-0.1, -0.05) is 25.1 Å². The zero-order valence-corrected chi connectivity index (χ0v) is 15.5. The highest BCUT2D eigenvalue weighted by atomic mass is 16.2. The number of rotatable bonds is 6. The van der Waals surface area contributed by atoms with Crippen LogP contribution in [0.4, 0.5) is 5.69 Å². The maximum atomic E-state index is 12.7. The Balaban J connectivity index is 1.80. The van der Waals surface area contributed by atoms with Crippen LogP contribution in [0.3, 0.4) is 0 Å². The molecule has 0 saturated heterocycles. The van der Waals surface area contributed by atoms with E-state index < -0.39 is 0 Å². The van der Waals surface area contributed by atoms with E-state index in [1.54, 1.807) is 12.1 Å². The Morgan fingerprint density at radius 1 is 1.12 bits per heavy atom. The van der Waals surface area contributed by atoms with Crippen LogP contribution in [-0.4, -0.2) is 29.3 Å². The van der Waals surface area contributed by atoms with Crippen LogP contribution in [0.5, 0.6) is 0 Å². The predicted octanol–water partition coefficient (Wildman–Crippen LogP) is 3.80. The van der Waals surface area contributed by atoms with Gasteiger partial charge in [-0.15, -0.1) is 0 Å². The third-order valence-corrected chi connectivity index (χ3v) is 4.39. The molecule has 0 aliphatic carbocycles. The maximum Gasteiger partial charge on any atom is 0.256 e. The van der Waals surface area contributed by atoms with Gasteiger partial charge in [-0.2, -0.15) is 0 Å². The molecule has 1 atom stereocenters. The van der Waals surface area contributed by atoms with Gasteiger partial charge in [0.1, 0.15) is 6.17 Å². The fourth-order valence-corrected chi connectivity index (χ4v) is 3.22. The Bertz CT molecular complexity index is 799. The van der Waals surface area contributed by atoms with Crippen molar-refractivity contribution in [1.29, 1.82) is 0 Å². The number of carbonyl (C=O) groups excluding carboxylic acids is 2. The van der Waals surface area contributed by atoms with Gasteiger partial charge in [-0.25, -0.2) is 0 Å². The number of hydrogen-bond donors (Lipinski definition) is 2. The molecule has 26 heavy (non-hydrogen) atoms. The molecule has 3 rings (SSSR count). The summed E-state index contributed by atoms with van der Waals surface area (Å²) in [5.74, 6) is -0.0200. The third-order valence-electron chi connectivity index (χ3n) is 4.39. The Hall–Kier alpha value is -2.82. The molecule has 5 heteroatoms. The molecule has 0 bridgehead atoms. The van der Waals surface area contributed by atoms with Gasteiger partial charge in [0.05, 0.1) is 0 Å². The average molecular weight is 351 g/mol. The van der Waals surface area contributed by atoms with Crippen molar-refractivity contribution in [3.8, 4) is 0 Å². The molecule has 0 radical (unpaired) electrons. The Labute approximate surface area is 154 Å². The van der Waals surface area contributed by atoms with Gasteiger partial charge in [0, 0.05) is 35.0 Å². The first-order valence-electron chi connectivity index (χ1n) is 9.08. The molecule has 2 aromatic rings. The molecule has 1 aliphatic rings. The molecule has 1 aliphatic heterocycles. The highest BCUT2D eigenvalue weighted by molar-refractivity contribution is 5.99. The summed E-state index contributed by atoms with van der Waals surface area (Å²) in [6.45, 7) is 6.63. The summed E-state index contributed by atoms with van der Waals surface area (Å²) in [7, 11) is 0. The highest BCUT2D eigenvalue weighted by Gasteiger charge is 2.35. The summed E-state index contributed by atoms with van der Waals surface area (Å²) in [6, 6.07) is 15.2. The van der Waals surface area contributed by atoms with Crippen LogP contribution in [-0.2, 0) is 0 Å². The van der Waals surface area contributed by atoms with Crippen molar-refractivity contribution in [3.63, 3.8) is 0 Å². The molecule has 5 nitrogen and oxygen atoms in total. The van der Waals surface area contributed by atoms with E-state index in [0.717, 1.165) is 23.2 Å². The van der Waals surface area contributed by atoms with Gasteiger partial charge >= 0.3 is 0 Å². The second-order valence-corrected chi connectivity index (χ2v) is 6.84. The molecule has 2 aromatic carbocycles. The fourth-order valence-electron chi connectivity index (χ4n) is 3.22. The van der Waals surface area contributed by atoms with E-state index in [1.165, 1.54) is 0 Å². The topological polar surface area (TPSA) is 61.4 Å². The monoisotopic (exact) mass is 351 g/mol. The van der Waals surface area contributed by atoms with E-state index >= 15 is 0 Å². The van der Waals surface area contributed by atoms with E-state index in [9.17, 15) is 9.59 Å². The number of nitrogens with zero attached hydrogens (tertiary/aromatic N) is 1. The largest absolute Gasteiger partial charge is 0.361 e. The first-order chi connectivity index (χ1) is 12.5. The number of carbonyl (C=O) groups is 2. The van der Waals surface area contributed by atoms with Gasteiger partial charge < -0.3 is 15.5 Å². The maximum absolute atomic E-state index is 12.7. The van der Waals surface area contributed by atoms with Crippen LogP contribution < -0.4 is 10.6 Å². The summed E-state index contributed by atoms with van der Waals surface area (Å²) in [4.78, 5) is 26.6. The van der Waals surface area contributed by atoms with Crippen molar-refractivity contribution in [3.05, 3.63) is 65.2 Å². The van der Waals surface area contributed by atoms with Crippen LogP contribution in [0, 0.1) is 0 Å². The van der Waals surface area contributed by atoms with Crippen LogP contribution in [0.2, 0.25) is 0 Å². The molecule has 136 valence electrons. The van der Waals surface area contributed by atoms with E-state index in [0.29, 0.717) is 12.1 Å². The van der Waals surface area contributed by atoms with Gasteiger partial charge in [-0.3, -0.25) is 9.59 Å². The lowest BCUT2D eigenvalue weighted by atomic mass is 10.1. The lowest BCUT2D eigenvalue weighted by Gasteiger charge is -2.26. The second kappa shape index (κ2) is 7.60. The second-order valence-electron chi connectivity index (χ2n) is 6.84. The van der Waals surface area contributed by atoms with E-state index in [2.05, 4.69) is 17.6 Å². The summed E-state index contributed by atoms with van der Waals surface area (Å²) in [5, 5.41) is 6.32. The Morgan fingerprint density at radius 3 is 2.46 bits per heavy atom. The molecular formula is C21H25N3O2. The smallest absolute Gasteiger partial charge is 0.256 e. The van der Waals surface area contributed by atoms with Crippen LogP contribution in [0.15, 0.2) is 48.5 Å². The number of amides is 2. The van der Waals surface area contributed by atoms with Crippen molar-refractivity contribution >= 4 is 17.5 Å². The summed E-state index contributed by atoms with van der Waals surface area (Å²) in [6.07, 6.45) is 0.709. The molecule has 1 heterocycles. The summed E-state index contributed by atoms with van der Waals surface area (Å²) < 4.78 is 0. The minimum Gasteiger partial charge on any atom is -0.361 e. The van der Waals surface area contributed by atoms with Gasteiger partial charge in [0.2, 0.25) is 0 Å². The number of anilines is 1. The number of nitrogens with one attached hydrogen (secondary N) is 2. The van der Waals surface area contributed by atoms with Crippen molar-refractivity contribution in [2.75, 3.05) is 11.9 Å². The molecule has 2 amide bonds. The third kappa shape index (κ3) is 3.57. The summed E-state index contributed by atoms with van der Waals surface area (Å²) >= 11 is 0. The Morgan fingerprint density at radius 2 is 1.81 bits per heavy atom. The molecule has 0 fully saturated rings. The number of fused-ring (bicyclic) bond motifs is 1. The van der Waals surface area contributed by atoms with Crippen molar-refractivity contribution < 1.29 is 9.59 Å². The number of hydrogen-bond acceptors (Lipinski definition) is 3. The van der Waals surface area contributed by atoms with Crippen LogP contribution >= 0.6 is 0 Å². The molecule has 0 aromatic heterocycles. The molecular weight excluding hydrogens is 326 g/mol.